The van der Waals surface area contributed by atoms with Crippen LogP contribution >= 0.6 is 11.6 Å². The highest BCUT2D eigenvalue weighted by molar-refractivity contribution is 6.52. The van der Waals surface area contributed by atoms with Crippen molar-refractivity contribution >= 4 is 46.4 Å². The van der Waals surface area contributed by atoms with Crippen LogP contribution in [0.2, 0.25) is 5.02 Å². The van der Waals surface area contributed by atoms with Gasteiger partial charge >= 0.3 is 7.48 Å². The normalized spacial score (nSPS) is 11.2. The van der Waals surface area contributed by atoms with Gasteiger partial charge in [0.2, 0.25) is 0 Å². The first-order valence-corrected chi connectivity index (χ1v) is 7.43. The molecule has 22 heavy (non-hydrogen) atoms. The van der Waals surface area contributed by atoms with E-state index in [1.165, 1.54) is 0 Å². The second-order valence-corrected chi connectivity index (χ2v) is 5.64. The molecule has 0 unspecified atom stereocenters. The van der Waals surface area contributed by atoms with Gasteiger partial charge in [0.05, 0.1) is 11.0 Å². The summed E-state index contributed by atoms with van der Waals surface area (Å²) >= 11 is 6.19. The molecule has 1 heterocycles. The van der Waals surface area contributed by atoms with Crippen molar-refractivity contribution in [3.63, 3.8) is 0 Å². The average molecular weight is 305 g/mol. The molecule has 0 fully saturated rings. The van der Waals surface area contributed by atoms with Gasteiger partial charge in [-0.1, -0.05) is 41.9 Å². The SMILES string of the molecule is O[B]c1cccc2c1c1cc(Cl)ccc1n2-c1ccccc1. The van der Waals surface area contributed by atoms with Crippen molar-refractivity contribution in [2.45, 2.75) is 0 Å². The first-order chi connectivity index (χ1) is 10.8. The lowest BCUT2D eigenvalue weighted by Gasteiger charge is -2.07. The molecule has 0 amide bonds. The van der Waals surface area contributed by atoms with Crippen LogP contribution in [0.5, 0.6) is 0 Å². The summed E-state index contributed by atoms with van der Waals surface area (Å²) in [5.41, 5.74) is 3.99. The number of fused-ring (bicyclic) bond motifs is 3. The molecule has 0 atom stereocenters. The van der Waals surface area contributed by atoms with Gasteiger partial charge < -0.3 is 9.59 Å². The monoisotopic (exact) mass is 304 g/mol. The van der Waals surface area contributed by atoms with E-state index in [1.54, 1.807) is 0 Å². The van der Waals surface area contributed by atoms with Gasteiger partial charge in [-0.15, -0.1) is 0 Å². The molecule has 0 saturated heterocycles. The van der Waals surface area contributed by atoms with Crippen LogP contribution in [-0.4, -0.2) is 17.1 Å². The summed E-state index contributed by atoms with van der Waals surface area (Å²) in [5, 5.41) is 12.3. The molecule has 0 aliphatic heterocycles. The minimum Gasteiger partial charge on any atom is -0.450 e. The molecule has 2 nitrogen and oxygen atoms in total. The molecule has 1 aromatic heterocycles. The summed E-state index contributed by atoms with van der Waals surface area (Å²) in [5.74, 6) is 0. The fourth-order valence-corrected chi connectivity index (χ4v) is 3.21. The van der Waals surface area contributed by atoms with Gasteiger partial charge in [0.15, 0.2) is 0 Å². The second-order valence-electron chi connectivity index (χ2n) is 5.20. The van der Waals surface area contributed by atoms with Gasteiger partial charge in [0, 0.05) is 21.5 Å². The molecule has 1 radical (unpaired) electrons. The van der Waals surface area contributed by atoms with E-state index >= 15 is 0 Å². The largest absolute Gasteiger partial charge is 0.450 e. The molecular formula is C18H12BClNO. The van der Waals surface area contributed by atoms with Crippen molar-refractivity contribution in [2.75, 3.05) is 0 Å². The highest BCUT2D eigenvalue weighted by atomic mass is 35.5. The lowest BCUT2D eigenvalue weighted by molar-refractivity contribution is 0.616. The molecule has 0 saturated carbocycles. The molecule has 0 aliphatic carbocycles. The quantitative estimate of drug-likeness (QED) is 0.562. The Morgan fingerprint density at radius 2 is 1.68 bits per heavy atom. The molecule has 0 bridgehead atoms. The summed E-state index contributed by atoms with van der Waals surface area (Å²) in [7, 11) is 1.15. The highest BCUT2D eigenvalue weighted by Crippen LogP contribution is 2.32. The van der Waals surface area contributed by atoms with E-state index in [4.69, 9.17) is 11.6 Å². The molecule has 1 N–H and O–H groups in total. The average Bonchev–Trinajstić information content (AvgIpc) is 2.89. The van der Waals surface area contributed by atoms with E-state index in [2.05, 4.69) is 22.8 Å². The smallest absolute Gasteiger partial charge is 0.327 e. The fraction of sp³-hybridized carbons (Fsp3) is 0. The summed E-state index contributed by atoms with van der Waals surface area (Å²) < 4.78 is 2.19. The highest BCUT2D eigenvalue weighted by Gasteiger charge is 2.15. The van der Waals surface area contributed by atoms with Crippen LogP contribution in [0.15, 0.2) is 66.7 Å². The Balaban J connectivity index is 2.24. The zero-order chi connectivity index (χ0) is 15.1. The number of para-hydroxylation sites is 1. The standard InChI is InChI=1S/C18H12BClNO/c20-12-9-10-16-14(11-12)18-15(19-22)7-4-8-17(18)21(16)13-5-2-1-3-6-13/h1-11,22H. The third kappa shape index (κ3) is 1.94. The van der Waals surface area contributed by atoms with E-state index in [0.717, 1.165) is 40.4 Å². The third-order valence-corrected chi connectivity index (χ3v) is 4.17. The van der Waals surface area contributed by atoms with Crippen molar-refractivity contribution in [3.05, 3.63) is 71.8 Å². The van der Waals surface area contributed by atoms with Crippen LogP contribution in [0.25, 0.3) is 27.5 Å². The van der Waals surface area contributed by atoms with Crippen molar-refractivity contribution in [2.24, 2.45) is 0 Å². The summed E-state index contributed by atoms with van der Waals surface area (Å²) in [6.07, 6.45) is 0. The van der Waals surface area contributed by atoms with Crippen molar-refractivity contribution in [1.82, 2.24) is 4.57 Å². The molecule has 4 aromatic rings. The molecule has 4 heteroatoms. The lowest BCUT2D eigenvalue weighted by atomic mass is 9.85. The van der Waals surface area contributed by atoms with Crippen molar-refractivity contribution in [1.29, 1.82) is 0 Å². The second kappa shape index (κ2) is 5.20. The topological polar surface area (TPSA) is 25.2 Å². The number of halogens is 1. The van der Waals surface area contributed by atoms with Gasteiger partial charge in [-0.2, -0.15) is 0 Å². The van der Waals surface area contributed by atoms with E-state index in [9.17, 15) is 5.02 Å². The maximum atomic E-state index is 9.58. The number of hydrogen-bond donors (Lipinski definition) is 1. The first-order valence-electron chi connectivity index (χ1n) is 7.05. The summed E-state index contributed by atoms with van der Waals surface area (Å²) in [6, 6.07) is 22.0. The summed E-state index contributed by atoms with van der Waals surface area (Å²) in [6.45, 7) is 0. The zero-order valence-electron chi connectivity index (χ0n) is 11.7. The Labute approximate surface area is 133 Å². The van der Waals surface area contributed by atoms with Crippen LogP contribution in [0.1, 0.15) is 0 Å². The maximum Gasteiger partial charge on any atom is 0.327 e. The van der Waals surface area contributed by atoms with Crippen LogP contribution in [0, 0.1) is 0 Å². The Morgan fingerprint density at radius 1 is 0.864 bits per heavy atom. The van der Waals surface area contributed by atoms with Crippen LogP contribution < -0.4 is 5.46 Å². The zero-order valence-corrected chi connectivity index (χ0v) is 12.5. The number of hydrogen-bond acceptors (Lipinski definition) is 1. The predicted molar refractivity (Wildman–Crippen MR) is 93.4 cm³/mol. The van der Waals surface area contributed by atoms with Gasteiger partial charge in [-0.25, -0.2) is 0 Å². The maximum absolute atomic E-state index is 9.58. The Kier molecular flexibility index (Phi) is 3.18. The molecule has 0 aliphatic rings. The van der Waals surface area contributed by atoms with Crippen LogP contribution in [0.4, 0.5) is 0 Å². The number of rotatable bonds is 2. The van der Waals surface area contributed by atoms with Gasteiger partial charge in [0.25, 0.3) is 0 Å². The Hall–Kier alpha value is -2.23. The number of aromatic nitrogens is 1. The summed E-state index contributed by atoms with van der Waals surface area (Å²) in [4.78, 5) is 0. The van der Waals surface area contributed by atoms with E-state index in [1.807, 2.05) is 48.5 Å². The predicted octanol–water partition coefficient (Wildman–Crippen LogP) is 3.67. The van der Waals surface area contributed by atoms with Crippen LogP contribution in [-0.2, 0) is 0 Å². The molecule has 4 rings (SSSR count). The van der Waals surface area contributed by atoms with Crippen molar-refractivity contribution in [3.8, 4) is 5.69 Å². The third-order valence-electron chi connectivity index (χ3n) is 3.94. The van der Waals surface area contributed by atoms with E-state index in [0.29, 0.717) is 5.02 Å². The Bertz CT molecular complexity index is 979. The number of nitrogens with zero attached hydrogens (tertiary/aromatic N) is 1. The first kappa shape index (κ1) is 13.4. The van der Waals surface area contributed by atoms with Crippen LogP contribution in [0.3, 0.4) is 0 Å². The minimum absolute atomic E-state index is 0.687. The molecule has 0 spiro atoms. The van der Waals surface area contributed by atoms with Gasteiger partial charge in [-0.05, 0) is 41.9 Å². The van der Waals surface area contributed by atoms with Gasteiger partial charge in [-0.3, -0.25) is 0 Å². The minimum atomic E-state index is 0.687. The van der Waals surface area contributed by atoms with E-state index in [-0.39, 0.29) is 0 Å². The lowest BCUT2D eigenvalue weighted by Crippen LogP contribution is -2.13. The molecule has 105 valence electrons. The van der Waals surface area contributed by atoms with E-state index < -0.39 is 0 Å². The fourth-order valence-electron chi connectivity index (χ4n) is 3.03. The number of benzene rings is 3. The molecular weight excluding hydrogens is 292 g/mol. The van der Waals surface area contributed by atoms with Gasteiger partial charge in [0.1, 0.15) is 0 Å². The molecule has 3 aromatic carbocycles. The Morgan fingerprint density at radius 3 is 2.45 bits per heavy atom. The van der Waals surface area contributed by atoms with Crippen molar-refractivity contribution < 1.29 is 5.02 Å².